The van der Waals surface area contributed by atoms with Crippen LogP contribution in [-0.4, -0.2) is 35.4 Å². The van der Waals surface area contributed by atoms with Gasteiger partial charge in [-0.1, -0.05) is 31.3 Å². The second-order valence-electron chi connectivity index (χ2n) is 6.74. The Hall–Kier alpha value is -2.12. The van der Waals surface area contributed by atoms with Crippen molar-refractivity contribution in [2.24, 2.45) is 0 Å². The van der Waals surface area contributed by atoms with Crippen molar-refractivity contribution < 1.29 is 13.9 Å². The lowest BCUT2D eigenvalue weighted by molar-refractivity contribution is 0.0234. The Balaban J connectivity index is 1.36. The van der Waals surface area contributed by atoms with Gasteiger partial charge in [0.2, 0.25) is 0 Å². The molecule has 7 heteroatoms. The molecule has 0 saturated carbocycles. The fourth-order valence-electron chi connectivity index (χ4n) is 2.88. The quantitative estimate of drug-likeness (QED) is 0.445. The molecule has 4 rings (SSSR count). The molecule has 0 aliphatic carbocycles. The number of halogens is 1. The van der Waals surface area contributed by atoms with Gasteiger partial charge in [0.15, 0.2) is 5.13 Å². The van der Waals surface area contributed by atoms with E-state index >= 15 is 0 Å². The lowest BCUT2D eigenvalue weighted by Gasteiger charge is -2.38. The molecule has 2 aromatic carbocycles. The van der Waals surface area contributed by atoms with Crippen molar-refractivity contribution in [2.45, 2.75) is 30.1 Å². The molecule has 0 spiro atoms. The molecule has 140 valence electrons. The van der Waals surface area contributed by atoms with E-state index in [1.165, 1.54) is 23.5 Å². The highest BCUT2D eigenvalue weighted by atomic mass is 32.2. The standard InChI is InChI=1S/C20H19FN2O2S2/c1-12(2)26-16-5-3-4-13(8-16)19(24)25-15-10-23(11-15)20-22-17-7-6-14(21)9-18(17)27-20/h3-9,12,15H,10-11H2,1-2H3. The summed E-state index contributed by atoms with van der Waals surface area (Å²) in [5.74, 6) is -0.553. The Morgan fingerprint density at radius 3 is 2.89 bits per heavy atom. The SMILES string of the molecule is CC(C)Sc1cccc(C(=O)OC2CN(c3nc4ccc(F)cc4s3)C2)c1. The second kappa shape index (κ2) is 7.48. The van der Waals surface area contributed by atoms with Crippen molar-refractivity contribution in [1.29, 1.82) is 0 Å². The normalized spacial score (nSPS) is 14.6. The van der Waals surface area contributed by atoms with Crippen molar-refractivity contribution in [3.05, 3.63) is 53.8 Å². The van der Waals surface area contributed by atoms with Gasteiger partial charge in [0, 0.05) is 10.1 Å². The van der Waals surface area contributed by atoms with E-state index in [4.69, 9.17) is 4.74 Å². The summed E-state index contributed by atoms with van der Waals surface area (Å²) in [6, 6.07) is 12.1. The lowest BCUT2D eigenvalue weighted by Crippen LogP contribution is -2.53. The van der Waals surface area contributed by atoms with Crippen LogP contribution >= 0.6 is 23.1 Å². The Kier molecular flexibility index (Phi) is 5.06. The molecule has 0 radical (unpaired) electrons. The number of anilines is 1. The number of carbonyl (C=O) groups is 1. The minimum atomic E-state index is -0.294. The van der Waals surface area contributed by atoms with Gasteiger partial charge in [0.1, 0.15) is 11.9 Å². The summed E-state index contributed by atoms with van der Waals surface area (Å²) in [5, 5.41) is 1.29. The van der Waals surface area contributed by atoms with Gasteiger partial charge in [-0.2, -0.15) is 0 Å². The minimum Gasteiger partial charge on any atom is -0.455 e. The molecule has 1 aliphatic heterocycles. The van der Waals surface area contributed by atoms with Crippen molar-refractivity contribution in [3.8, 4) is 0 Å². The maximum atomic E-state index is 13.3. The fourth-order valence-corrected chi connectivity index (χ4v) is 4.78. The number of thiazole rings is 1. The molecule has 0 amide bonds. The summed E-state index contributed by atoms with van der Waals surface area (Å²) in [5.41, 5.74) is 1.37. The second-order valence-corrected chi connectivity index (χ2v) is 9.39. The van der Waals surface area contributed by atoms with E-state index in [-0.39, 0.29) is 17.9 Å². The molecular weight excluding hydrogens is 383 g/mol. The van der Waals surface area contributed by atoms with E-state index in [9.17, 15) is 9.18 Å². The van der Waals surface area contributed by atoms with Crippen LogP contribution in [0.2, 0.25) is 0 Å². The highest BCUT2D eigenvalue weighted by molar-refractivity contribution is 7.99. The smallest absolute Gasteiger partial charge is 0.338 e. The van der Waals surface area contributed by atoms with Crippen LogP contribution in [0, 0.1) is 5.82 Å². The molecule has 27 heavy (non-hydrogen) atoms. The molecule has 1 saturated heterocycles. The van der Waals surface area contributed by atoms with E-state index < -0.39 is 0 Å². The van der Waals surface area contributed by atoms with E-state index in [1.807, 2.05) is 23.1 Å². The summed E-state index contributed by atoms with van der Waals surface area (Å²) < 4.78 is 19.7. The van der Waals surface area contributed by atoms with Crippen molar-refractivity contribution in [3.63, 3.8) is 0 Å². The molecule has 1 aromatic heterocycles. The fraction of sp³-hybridized carbons (Fsp3) is 0.300. The highest BCUT2D eigenvalue weighted by Gasteiger charge is 2.32. The molecule has 3 aromatic rings. The number of hydrogen-bond donors (Lipinski definition) is 0. The predicted octanol–water partition coefficient (Wildman–Crippen LogP) is 4.98. The van der Waals surface area contributed by atoms with Gasteiger partial charge in [-0.25, -0.2) is 14.2 Å². The predicted molar refractivity (Wildman–Crippen MR) is 108 cm³/mol. The van der Waals surface area contributed by atoms with Gasteiger partial charge in [0.25, 0.3) is 0 Å². The largest absolute Gasteiger partial charge is 0.455 e. The lowest BCUT2D eigenvalue weighted by atomic mass is 10.2. The zero-order valence-corrected chi connectivity index (χ0v) is 16.6. The maximum Gasteiger partial charge on any atom is 0.338 e. The number of ether oxygens (including phenoxy) is 1. The van der Waals surface area contributed by atoms with Gasteiger partial charge < -0.3 is 9.64 Å². The summed E-state index contributed by atoms with van der Waals surface area (Å²) in [6.45, 7) is 5.45. The zero-order valence-electron chi connectivity index (χ0n) is 15.0. The number of carbonyl (C=O) groups excluding carboxylic acids is 1. The van der Waals surface area contributed by atoms with Crippen LogP contribution in [0.1, 0.15) is 24.2 Å². The molecule has 4 nitrogen and oxygen atoms in total. The maximum absolute atomic E-state index is 13.3. The van der Waals surface area contributed by atoms with E-state index in [1.54, 1.807) is 23.9 Å². The number of esters is 1. The first-order valence-electron chi connectivity index (χ1n) is 8.76. The van der Waals surface area contributed by atoms with Crippen LogP contribution in [0.5, 0.6) is 0 Å². The Labute approximate surface area is 165 Å². The average molecular weight is 403 g/mol. The Morgan fingerprint density at radius 2 is 2.11 bits per heavy atom. The van der Waals surface area contributed by atoms with Crippen molar-refractivity contribution >= 4 is 44.4 Å². The topological polar surface area (TPSA) is 42.4 Å². The average Bonchev–Trinajstić information content (AvgIpc) is 2.99. The number of aromatic nitrogens is 1. The number of hydrogen-bond acceptors (Lipinski definition) is 6. The minimum absolute atomic E-state index is 0.150. The van der Waals surface area contributed by atoms with E-state index in [0.717, 1.165) is 20.2 Å². The number of rotatable bonds is 5. The number of nitrogens with zero attached hydrogens (tertiary/aromatic N) is 2. The van der Waals surface area contributed by atoms with Crippen LogP contribution in [0.4, 0.5) is 9.52 Å². The molecule has 1 aliphatic rings. The van der Waals surface area contributed by atoms with Crippen LogP contribution in [0.25, 0.3) is 10.2 Å². The van der Waals surface area contributed by atoms with Crippen molar-refractivity contribution in [2.75, 3.05) is 18.0 Å². The summed E-state index contributed by atoms with van der Waals surface area (Å²) in [4.78, 5) is 20.0. The van der Waals surface area contributed by atoms with E-state index in [0.29, 0.717) is 23.9 Å². The monoisotopic (exact) mass is 402 g/mol. The van der Waals surface area contributed by atoms with Gasteiger partial charge in [-0.3, -0.25) is 0 Å². The third-order valence-corrected chi connectivity index (χ3v) is 6.25. The van der Waals surface area contributed by atoms with Crippen LogP contribution in [-0.2, 0) is 4.74 Å². The molecule has 0 unspecified atom stereocenters. The number of thioether (sulfide) groups is 1. The van der Waals surface area contributed by atoms with Gasteiger partial charge in [-0.15, -0.1) is 11.8 Å². The van der Waals surface area contributed by atoms with Crippen LogP contribution in [0.15, 0.2) is 47.4 Å². The molecule has 0 atom stereocenters. The van der Waals surface area contributed by atoms with Gasteiger partial charge >= 0.3 is 5.97 Å². The third-order valence-electron chi connectivity index (χ3n) is 4.17. The zero-order chi connectivity index (χ0) is 19.0. The van der Waals surface area contributed by atoms with E-state index in [2.05, 4.69) is 18.8 Å². The molecule has 0 N–H and O–H groups in total. The van der Waals surface area contributed by atoms with Crippen molar-refractivity contribution in [1.82, 2.24) is 4.98 Å². The van der Waals surface area contributed by atoms with Crippen LogP contribution in [0.3, 0.4) is 0 Å². The summed E-state index contributed by atoms with van der Waals surface area (Å²) in [7, 11) is 0. The Bertz CT molecular complexity index is 983. The molecule has 2 heterocycles. The molecule has 1 fully saturated rings. The third kappa shape index (κ3) is 4.09. The first-order valence-corrected chi connectivity index (χ1v) is 10.5. The molecular formula is C20H19FN2O2S2. The number of benzene rings is 2. The highest BCUT2D eigenvalue weighted by Crippen LogP contribution is 2.32. The summed E-state index contributed by atoms with van der Waals surface area (Å²) >= 11 is 3.17. The first-order chi connectivity index (χ1) is 13.0. The van der Waals surface area contributed by atoms with Gasteiger partial charge in [0.05, 0.1) is 28.9 Å². The van der Waals surface area contributed by atoms with Gasteiger partial charge in [-0.05, 0) is 36.4 Å². The van der Waals surface area contributed by atoms with Crippen LogP contribution < -0.4 is 4.90 Å². The summed E-state index contributed by atoms with van der Waals surface area (Å²) in [6.07, 6.45) is -0.150. The molecule has 0 bridgehead atoms. The first kappa shape index (κ1) is 18.3. The Morgan fingerprint density at radius 1 is 1.30 bits per heavy atom. The number of fused-ring (bicyclic) bond motifs is 1.